The molecule has 0 heterocycles. The van der Waals surface area contributed by atoms with Gasteiger partial charge in [0.05, 0.1) is 6.04 Å². The van der Waals surface area contributed by atoms with Gasteiger partial charge in [0.15, 0.2) is 0 Å². The van der Waals surface area contributed by atoms with Gasteiger partial charge in [-0.1, -0.05) is 61.8 Å². The number of hydrogen-bond acceptors (Lipinski definition) is 8. The van der Waals surface area contributed by atoms with Crippen molar-refractivity contribution in [2.45, 2.75) is 137 Å². The lowest BCUT2D eigenvalue weighted by Crippen LogP contribution is -2.59. The molecule has 0 aliphatic heterocycles. The molecule has 0 aromatic heterocycles. The third-order valence-corrected chi connectivity index (χ3v) is 7.81. The third kappa shape index (κ3) is 15.8. The topological polar surface area (TPSA) is 235 Å². The highest BCUT2D eigenvalue weighted by molar-refractivity contribution is 5.96. The summed E-state index contributed by atoms with van der Waals surface area (Å²) in [7, 11) is 0. The summed E-state index contributed by atoms with van der Waals surface area (Å²) < 4.78 is 0. The highest BCUT2D eigenvalue weighted by Gasteiger charge is 2.33. The Morgan fingerprint density at radius 1 is 0.630 bits per heavy atom. The van der Waals surface area contributed by atoms with Gasteiger partial charge in [-0.3, -0.25) is 24.0 Å². The lowest BCUT2D eigenvalue weighted by molar-refractivity contribution is -0.143. The van der Waals surface area contributed by atoms with Crippen LogP contribution in [-0.4, -0.2) is 83.4 Å². The molecule has 0 fully saturated rings. The molecule has 5 amide bonds. The van der Waals surface area contributed by atoms with Crippen molar-refractivity contribution >= 4 is 35.5 Å². The number of unbranched alkanes of at least 4 members (excludes halogenated alkanes) is 1. The largest absolute Gasteiger partial charge is 0.480 e. The maximum absolute atomic E-state index is 13.6. The fourth-order valence-corrected chi connectivity index (χ4v) is 4.62. The molecular formula is C32H61N7O7. The van der Waals surface area contributed by atoms with Gasteiger partial charge in [-0.25, -0.2) is 4.79 Å². The normalized spacial score (nSPS) is 16.0. The number of rotatable bonds is 22. The molecule has 0 aliphatic carbocycles. The van der Waals surface area contributed by atoms with Gasteiger partial charge in [0.2, 0.25) is 29.5 Å². The minimum atomic E-state index is -1.17. The minimum Gasteiger partial charge on any atom is -0.480 e. The number of carbonyl (C=O) groups is 6. The zero-order chi connectivity index (χ0) is 35.7. The van der Waals surface area contributed by atoms with Crippen LogP contribution in [0.5, 0.6) is 0 Å². The van der Waals surface area contributed by atoms with Crippen LogP contribution < -0.4 is 38.1 Å². The van der Waals surface area contributed by atoms with Crippen LogP contribution in [0.4, 0.5) is 0 Å². The SMILES string of the molecule is CC[C@H](C)[C@H](NC(=O)[C@H](C)NC(=O)[C@H](CC(C)C)NC(=O)[C@H](CC(C)C)NC(=O)[C@H](CCCCN)NC(=O)[C@@H](N)C(C)C)C(=O)O. The molecular weight excluding hydrogens is 594 g/mol. The van der Waals surface area contributed by atoms with Crippen molar-refractivity contribution in [1.29, 1.82) is 0 Å². The fraction of sp³-hybridized carbons (Fsp3) is 0.812. The zero-order valence-electron chi connectivity index (χ0n) is 29.3. The van der Waals surface area contributed by atoms with Gasteiger partial charge in [-0.05, 0) is 69.2 Å². The van der Waals surface area contributed by atoms with Crippen molar-refractivity contribution in [3.05, 3.63) is 0 Å². The summed E-state index contributed by atoms with van der Waals surface area (Å²) >= 11 is 0. The Labute approximate surface area is 274 Å². The van der Waals surface area contributed by atoms with Crippen LogP contribution in [0.1, 0.15) is 101 Å². The van der Waals surface area contributed by atoms with E-state index in [1.807, 2.05) is 34.6 Å². The predicted octanol–water partition coefficient (Wildman–Crippen LogP) is 0.766. The van der Waals surface area contributed by atoms with Crippen LogP contribution >= 0.6 is 0 Å². The van der Waals surface area contributed by atoms with Gasteiger partial charge in [0, 0.05) is 0 Å². The van der Waals surface area contributed by atoms with E-state index in [1.54, 1.807) is 20.8 Å². The first-order valence-electron chi connectivity index (χ1n) is 16.6. The van der Waals surface area contributed by atoms with Crippen LogP contribution in [0, 0.1) is 23.7 Å². The van der Waals surface area contributed by atoms with E-state index in [2.05, 4.69) is 26.6 Å². The Kier molecular flexibility index (Phi) is 20.0. The second kappa shape index (κ2) is 21.5. The number of aliphatic carboxylic acids is 1. The van der Waals surface area contributed by atoms with E-state index < -0.39 is 71.8 Å². The number of carboxylic acids is 1. The van der Waals surface area contributed by atoms with E-state index in [1.165, 1.54) is 6.92 Å². The van der Waals surface area contributed by atoms with Crippen molar-refractivity contribution in [3.8, 4) is 0 Å². The maximum atomic E-state index is 13.6. The van der Waals surface area contributed by atoms with Gasteiger partial charge in [-0.2, -0.15) is 0 Å². The van der Waals surface area contributed by atoms with E-state index in [-0.39, 0.29) is 36.5 Å². The first-order chi connectivity index (χ1) is 21.4. The number of nitrogens with two attached hydrogens (primary N) is 2. The van der Waals surface area contributed by atoms with Crippen molar-refractivity contribution < 1.29 is 33.9 Å². The number of hydrogen-bond donors (Lipinski definition) is 8. The molecule has 0 radical (unpaired) electrons. The predicted molar refractivity (Wildman–Crippen MR) is 177 cm³/mol. The maximum Gasteiger partial charge on any atom is 0.326 e. The van der Waals surface area contributed by atoms with E-state index in [4.69, 9.17) is 11.5 Å². The molecule has 14 heteroatoms. The average Bonchev–Trinajstić information content (AvgIpc) is 2.96. The summed E-state index contributed by atoms with van der Waals surface area (Å²) in [5.74, 6) is -4.58. The molecule has 7 atom stereocenters. The average molecular weight is 656 g/mol. The van der Waals surface area contributed by atoms with Crippen LogP contribution in [0.15, 0.2) is 0 Å². The van der Waals surface area contributed by atoms with E-state index in [9.17, 15) is 33.9 Å². The quantitative estimate of drug-likeness (QED) is 0.0768. The van der Waals surface area contributed by atoms with Gasteiger partial charge in [-0.15, -0.1) is 0 Å². The highest BCUT2D eigenvalue weighted by Crippen LogP contribution is 2.12. The summed E-state index contributed by atoms with van der Waals surface area (Å²) in [6, 6.07) is -6.01. The number of carboxylic acid groups (broad SMARTS) is 1. The van der Waals surface area contributed by atoms with Gasteiger partial charge < -0.3 is 43.2 Å². The Morgan fingerprint density at radius 3 is 1.50 bits per heavy atom. The monoisotopic (exact) mass is 655 g/mol. The molecule has 46 heavy (non-hydrogen) atoms. The second-order valence-electron chi connectivity index (χ2n) is 13.4. The Balaban J connectivity index is 5.88. The molecule has 0 rings (SSSR count). The van der Waals surface area contributed by atoms with Gasteiger partial charge >= 0.3 is 5.97 Å². The lowest BCUT2D eigenvalue weighted by Gasteiger charge is -2.28. The second-order valence-corrected chi connectivity index (χ2v) is 13.4. The van der Waals surface area contributed by atoms with Gasteiger partial charge in [0.1, 0.15) is 30.2 Å². The summed E-state index contributed by atoms with van der Waals surface area (Å²) in [6.07, 6.45) is 2.54. The molecule has 0 saturated heterocycles. The number of carbonyl (C=O) groups excluding carboxylic acids is 5. The van der Waals surface area contributed by atoms with Gasteiger partial charge in [0.25, 0.3) is 0 Å². The Bertz CT molecular complexity index is 1010. The van der Waals surface area contributed by atoms with E-state index in [0.29, 0.717) is 32.2 Å². The van der Waals surface area contributed by atoms with Crippen molar-refractivity contribution in [2.24, 2.45) is 35.1 Å². The van der Waals surface area contributed by atoms with Crippen LogP contribution in [0.25, 0.3) is 0 Å². The molecule has 14 nitrogen and oxygen atoms in total. The Hall–Kier alpha value is -3.26. The van der Waals surface area contributed by atoms with E-state index in [0.717, 1.165) is 0 Å². The summed E-state index contributed by atoms with van der Waals surface area (Å²) in [4.78, 5) is 77.5. The molecule has 10 N–H and O–H groups in total. The summed E-state index contributed by atoms with van der Waals surface area (Å²) in [5, 5.41) is 22.8. The molecule has 0 aromatic rings. The molecule has 0 aromatic carbocycles. The first-order valence-corrected chi connectivity index (χ1v) is 16.6. The summed E-state index contributed by atoms with van der Waals surface area (Å²) in [6.45, 7) is 16.5. The molecule has 266 valence electrons. The molecule has 0 aliphatic rings. The van der Waals surface area contributed by atoms with Crippen LogP contribution in [-0.2, 0) is 28.8 Å². The Morgan fingerprint density at radius 2 is 1.09 bits per heavy atom. The smallest absolute Gasteiger partial charge is 0.326 e. The molecule has 0 bridgehead atoms. The van der Waals surface area contributed by atoms with Crippen LogP contribution in [0.2, 0.25) is 0 Å². The van der Waals surface area contributed by atoms with E-state index >= 15 is 0 Å². The third-order valence-electron chi connectivity index (χ3n) is 7.81. The lowest BCUT2D eigenvalue weighted by atomic mass is 9.98. The van der Waals surface area contributed by atoms with Crippen LogP contribution in [0.3, 0.4) is 0 Å². The summed E-state index contributed by atoms with van der Waals surface area (Å²) in [5.41, 5.74) is 11.6. The van der Waals surface area contributed by atoms with Crippen molar-refractivity contribution in [3.63, 3.8) is 0 Å². The fourth-order valence-electron chi connectivity index (χ4n) is 4.62. The zero-order valence-corrected chi connectivity index (χ0v) is 29.3. The number of amides is 5. The number of nitrogens with one attached hydrogen (secondary N) is 5. The highest BCUT2D eigenvalue weighted by atomic mass is 16.4. The molecule has 0 unspecified atom stereocenters. The minimum absolute atomic E-state index is 0.00974. The molecule has 0 saturated carbocycles. The van der Waals surface area contributed by atoms with Crippen molar-refractivity contribution in [2.75, 3.05) is 6.54 Å². The molecule has 0 spiro atoms. The first kappa shape index (κ1) is 42.7. The standard InChI is InChI=1S/C32H61N7O7/c1-10-20(8)26(32(45)46)39-27(40)21(9)35-29(42)23(15-17(2)3)38-30(43)24(16-18(4)5)37-28(41)22(13-11-12-14-33)36-31(44)25(34)19(6)7/h17-26H,10-16,33-34H2,1-9H3,(H,35,42)(H,36,44)(H,37,41)(H,38,43)(H,39,40)(H,45,46)/t20-,21-,22-,23-,24-,25-,26-/m0/s1. The van der Waals surface area contributed by atoms with Crippen molar-refractivity contribution in [1.82, 2.24) is 26.6 Å².